The molecule has 0 aromatic carbocycles. The summed E-state index contributed by atoms with van der Waals surface area (Å²) in [5.41, 5.74) is 1.41. The highest BCUT2D eigenvalue weighted by Gasteiger charge is 2.03. The minimum Gasteiger partial charge on any atom is -0.466 e. The van der Waals surface area contributed by atoms with Gasteiger partial charge in [-0.3, -0.25) is 0 Å². The van der Waals surface area contributed by atoms with Gasteiger partial charge in [-0.25, -0.2) is 14.4 Å². The van der Waals surface area contributed by atoms with E-state index in [2.05, 4.69) is 38.3 Å². The molecule has 0 spiro atoms. The maximum atomic E-state index is 11.2. The first-order chi connectivity index (χ1) is 22.5. The minimum atomic E-state index is -0.347. The second-order valence-electron chi connectivity index (χ2n) is 12.9. The molecular weight excluding hydrogens is 588 g/mol. The zero-order valence-electron chi connectivity index (χ0n) is 32.0. The van der Waals surface area contributed by atoms with Crippen molar-refractivity contribution in [3.63, 3.8) is 0 Å². The van der Waals surface area contributed by atoms with Gasteiger partial charge < -0.3 is 14.2 Å². The minimum absolute atomic E-state index is 0.255. The Hall–Kier alpha value is -2.37. The number of hydrogen-bond acceptors (Lipinski definition) is 6. The molecule has 0 rings (SSSR count). The van der Waals surface area contributed by atoms with Crippen molar-refractivity contribution in [1.29, 1.82) is 0 Å². The monoisotopic (exact) mass is 665 g/mol. The van der Waals surface area contributed by atoms with Crippen LogP contribution in [0.3, 0.4) is 0 Å². The zero-order chi connectivity index (χ0) is 36.0. The van der Waals surface area contributed by atoms with Gasteiger partial charge in [-0.15, -0.1) is 0 Å². The average molecular weight is 665 g/mol. The summed E-state index contributed by atoms with van der Waals surface area (Å²) in [6.45, 7) is 21.1. The SMILES string of the molecule is C=C(C)C(=O)OC.C=C(C)C(=O)OCCCCCCCCCCCC.C=C(C)C(=O)OCCCCCCCCCCCCCCCC. The summed E-state index contributed by atoms with van der Waals surface area (Å²) in [5.74, 6) is -0.861. The van der Waals surface area contributed by atoms with Gasteiger partial charge in [0, 0.05) is 16.7 Å². The number of hydrogen-bond donors (Lipinski definition) is 0. The van der Waals surface area contributed by atoms with Crippen molar-refractivity contribution in [2.45, 2.75) is 189 Å². The predicted octanol–water partition coefficient (Wildman–Crippen LogP) is 12.3. The van der Waals surface area contributed by atoms with Crippen molar-refractivity contribution >= 4 is 17.9 Å². The molecule has 0 N–H and O–H groups in total. The van der Waals surface area contributed by atoms with E-state index in [4.69, 9.17) is 9.47 Å². The molecule has 0 saturated heterocycles. The molecule has 0 aliphatic carbocycles. The molecule has 0 aliphatic rings. The van der Waals surface area contributed by atoms with E-state index in [0.29, 0.717) is 29.9 Å². The van der Waals surface area contributed by atoms with Crippen LogP contribution in [0, 0.1) is 0 Å². The summed E-state index contributed by atoms with van der Waals surface area (Å²) in [6, 6.07) is 0. The van der Waals surface area contributed by atoms with Gasteiger partial charge in [-0.1, -0.05) is 175 Å². The molecule has 0 aromatic heterocycles. The number of rotatable bonds is 29. The Morgan fingerprint density at radius 2 is 0.596 bits per heavy atom. The molecule has 0 heterocycles. The van der Waals surface area contributed by atoms with E-state index in [1.54, 1.807) is 20.8 Å². The van der Waals surface area contributed by atoms with Crippen LogP contribution in [0.4, 0.5) is 0 Å². The first-order valence-corrected chi connectivity index (χ1v) is 18.9. The fourth-order valence-corrected chi connectivity index (χ4v) is 4.64. The molecule has 6 heteroatoms. The van der Waals surface area contributed by atoms with E-state index >= 15 is 0 Å². The second kappa shape index (κ2) is 39.8. The maximum absolute atomic E-state index is 11.2. The van der Waals surface area contributed by atoms with E-state index in [1.165, 1.54) is 148 Å². The molecule has 0 fully saturated rings. The fourth-order valence-electron chi connectivity index (χ4n) is 4.64. The van der Waals surface area contributed by atoms with Crippen molar-refractivity contribution in [2.24, 2.45) is 0 Å². The Balaban J connectivity index is -0.000000694. The fraction of sp³-hybridized carbons (Fsp3) is 0.780. The Bertz CT molecular complexity index is 785. The van der Waals surface area contributed by atoms with Crippen LogP contribution in [0.25, 0.3) is 0 Å². The van der Waals surface area contributed by atoms with Gasteiger partial charge in [-0.05, 0) is 33.6 Å². The molecule has 6 nitrogen and oxygen atoms in total. The highest BCUT2D eigenvalue weighted by atomic mass is 16.5. The summed E-state index contributed by atoms with van der Waals surface area (Å²) < 4.78 is 14.4. The topological polar surface area (TPSA) is 78.9 Å². The van der Waals surface area contributed by atoms with Crippen molar-refractivity contribution in [3.8, 4) is 0 Å². The highest BCUT2D eigenvalue weighted by molar-refractivity contribution is 5.87. The Morgan fingerprint density at radius 1 is 0.383 bits per heavy atom. The Kier molecular flexibility index (Phi) is 41.5. The summed E-state index contributed by atoms with van der Waals surface area (Å²) in [5, 5.41) is 0. The van der Waals surface area contributed by atoms with E-state index in [-0.39, 0.29) is 17.9 Å². The van der Waals surface area contributed by atoms with Gasteiger partial charge in [0.05, 0.1) is 20.3 Å². The first-order valence-electron chi connectivity index (χ1n) is 18.9. The molecule has 276 valence electrons. The number of esters is 3. The third-order valence-corrected chi connectivity index (χ3v) is 7.69. The lowest BCUT2D eigenvalue weighted by atomic mass is 10.0. The van der Waals surface area contributed by atoms with E-state index in [1.807, 2.05) is 0 Å². The molecule has 0 amide bonds. The van der Waals surface area contributed by atoms with Gasteiger partial charge >= 0.3 is 17.9 Å². The molecule has 0 aliphatic heterocycles. The molecule has 0 bridgehead atoms. The summed E-state index contributed by atoms with van der Waals surface area (Å²) in [6.07, 6.45) is 31.8. The molecule has 0 radical (unpaired) electrons. The third kappa shape index (κ3) is 43.6. The number of methoxy groups -OCH3 is 1. The standard InChI is InChI=1S/C20H38O2.C16H30O2.C5H8O2/c1-4-5-6-7-8-9-10-11-12-13-14-15-16-17-18-22-20(21)19(2)3;1-4-5-6-7-8-9-10-11-12-13-14-18-16(17)15(2)3;1-4(2)5(6)7-3/h2,4-18H2,1,3H3;2,4-14H2,1,3H3;1H2,2-3H3. The predicted molar refractivity (Wildman–Crippen MR) is 201 cm³/mol. The smallest absolute Gasteiger partial charge is 0.333 e. The number of carbonyl (C=O) groups excluding carboxylic acids is 3. The van der Waals surface area contributed by atoms with Crippen molar-refractivity contribution in [3.05, 3.63) is 36.5 Å². The third-order valence-electron chi connectivity index (χ3n) is 7.69. The summed E-state index contributed by atoms with van der Waals surface area (Å²) >= 11 is 0. The van der Waals surface area contributed by atoms with Crippen LogP contribution >= 0.6 is 0 Å². The molecule has 0 aromatic rings. The Labute approximate surface area is 291 Å². The lowest BCUT2D eigenvalue weighted by molar-refractivity contribution is -0.139. The zero-order valence-corrected chi connectivity index (χ0v) is 32.0. The van der Waals surface area contributed by atoms with Crippen molar-refractivity contribution in [1.82, 2.24) is 0 Å². The summed E-state index contributed by atoms with van der Waals surface area (Å²) in [4.78, 5) is 32.4. The van der Waals surface area contributed by atoms with E-state index < -0.39 is 0 Å². The van der Waals surface area contributed by atoms with Crippen molar-refractivity contribution < 1.29 is 28.6 Å². The van der Waals surface area contributed by atoms with Gasteiger partial charge in [0.15, 0.2) is 0 Å². The largest absolute Gasteiger partial charge is 0.466 e. The van der Waals surface area contributed by atoms with Crippen LogP contribution in [0.5, 0.6) is 0 Å². The van der Waals surface area contributed by atoms with Crippen LogP contribution in [0.15, 0.2) is 36.5 Å². The van der Waals surface area contributed by atoms with Gasteiger partial charge in [0.25, 0.3) is 0 Å². The quantitative estimate of drug-likeness (QED) is 0.0343. The van der Waals surface area contributed by atoms with Gasteiger partial charge in [-0.2, -0.15) is 0 Å². The van der Waals surface area contributed by atoms with E-state index in [0.717, 1.165) is 12.8 Å². The maximum Gasteiger partial charge on any atom is 0.333 e. The first kappa shape index (κ1) is 49.0. The van der Waals surface area contributed by atoms with Crippen LogP contribution in [0.2, 0.25) is 0 Å². The molecular formula is C41H76O6. The lowest BCUT2D eigenvalue weighted by Gasteiger charge is -2.04. The van der Waals surface area contributed by atoms with Crippen LogP contribution in [0.1, 0.15) is 189 Å². The lowest BCUT2D eigenvalue weighted by Crippen LogP contribution is -2.05. The highest BCUT2D eigenvalue weighted by Crippen LogP contribution is 2.13. The van der Waals surface area contributed by atoms with Gasteiger partial charge in [0.1, 0.15) is 0 Å². The molecule has 0 atom stereocenters. The Morgan fingerprint density at radius 3 is 0.766 bits per heavy atom. The van der Waals surface area contributed by atoms with Gasteiger partial charge in [0.2, 0.25) is 0 Å². The molecule has 0 unspecified atom stereocenters. The van der Waals surface area contributed by atoms with Crippen molar-refractivity contribution in [2.75, 3.05) is 20.3 Å². The van der Waals surface area contributed by atoms with Crippen LogP contribution in [-0.4, -0.2) is 38.2 Å². The van der Waals surface area contributed by atoms with Crippen LogP contribution < -0.4 is 0 Å². The number of carbonyl (C=O) groups is 3. The number of ether oxygens (including phenoxy) is 3. The normalized spacial score (nSPS) is 10.1. The molecule has 0 saturated carbocycles. The molecule has 47 heavy (non-hydrogen) atoms. The average Bonchev–Trinajstić information content (AvgIpc) is 3.05. The summed E-state index contributed by atoms with van der Waals surface area (Å²) in [7, 11) is 1.33. The second-order valence-corrected chi connectivity index (χ2v) is 12.9. The number of unbranched alkanes of at least 4 members (excludes halogenated alkanes) is 22. The van der Waals surface area contributed by atoms with E-state index in [9.17, 15) is 14.4 Å². The van der Waals surface area contributed by atoms with Crippen LogP contribution in [-0.2, 0) is 28.6 Å².